The van der Waals surface area contributed by atoms with E-state index in [0.29, 0.717) is 0 Å². The van der Waals surface area contributed by atoms with Crippen LogP contribution in [0.5, 0.6) is 0 Å². The fraction of sp³-hybridized carbons (Fsp3) is 1.00. The van der Waals surface area contributed by atoms with Crippen LogP contribution in [0.1, 0.15) is 232 Å². The van der Waals surface area contributed by atoms with Crippen molar-refractivity contribution in [3.63, 3.8) is 0 Å². The predicted molar refractivity (Wildman–Crippen MR) is 181 cm³/mol. The van der Waals surface area contributed by atoms with Gasteiger partial charge < -0.3 is 0 Å². The molecule has 0 saturated heterocycles. The Morgan fingerprint density at radius 1 is 0.194 bits per heavy atom. The topological polar surface area (TPSA) is 0 Å². The van der Waals surface area contributed by atoms with E-state index in [1.165, 1.54) is 128 Å². The standard InChI is InChI=1S/5C4H8.C4H10.6C2H6/c5*1-2-4-3-1;1-4(2)3;6*1-2/h5*1-4H2;4H,1-3H3;6*1-2H3. The Morgan fingerprint density at radius 3 is 0.222 bits per heavy atom. The lowest BCUT2D eigenvalue weighted by Gasteiger charge is -2.05. The van der Waals surface area contributed by atoms with Crippen molar-refractivity contribution in [3.05, 3.63) is 0 Å². The molecule has 230 valence electrons. The van der Waals surface area contributed by atoms with Gasteiger partial charge in [-0.15, -0.1) is 0 Å². The van der Waals surface area contributed by atoms with Crippen LogP contribution in [0.2, 0.25) is 0 Å². The van der Waals surface area contributed by atoms with Gasteiger partial charge in [0, 0.05) is 0 Å². The Bertz CT molecular complexity index is 117. The first-order valence-electron chi connectivity index (χ1n) is 17.7. The first-order chi connectivity index (χ1) is 17.7. The van der Waals surface area contributed by atoms with Gasteiger partial charge >= 0.3 is 0 Å². The second kappa shape index (κ2) is 76.5. The summed E-state index contributed by atoms with van der Waals surface area (Å²) in [4.78, 5) is 0. The van der Waals surface area contributed by atoms with Crippen LogP contribution < -0.4 is 0 Å². The molecule has 0 amide bonds. The molecule has 0 nitrogen and oxygen atoms in total. The smallest absolute Gasteiger partial charge is 0.0500 e. The molecule has 0 heterocycles. The van der Waals surface area contributed by atoms with Gasteiger partial charge in [0.15, 0.2) is 0 Å². The minimum absolute atomic E-state index is 0.833. The molecule has 5 saturated carbocycles. The van der Waals surface area contributed by atoms with Crippen LogP contribution in [-0.4, -0.2) is 0 Å². The molecule has 5 rings (SSSR count). The fourth-order valence-corrected chi connectivity index (χ4v) is 1.25. The maximum atomic E-state index is 2.17. The summed E-state index contributed by atoms with van der Waals surface area (Å²) >= 11 is 0. The second-order valence-electron chi connectivity index (χ2n) is 8.80. The van der Waals surface area contributed by atoms with Crippen molar-refractivity contribution in [2.24, 2.45) is 5.92 Å². The van der Waals surface area contributed by atoms with Crippen molar-refractivity contribution < 1.29 is 0 Å². The van der Waals surface area contributed by atoms with Crippen LogP contribution in [0.3, 0.4) is 0 Å². The molecule has 0 bridgehead atoms. The molecule has 0 radical (unpaired) electrons. The number of rotatable bonds is 0. The lowest BCUT2D eigenvalue weighted by atomic mass is 10.0. The molecule has 0 heteroatoms. The van der Waals surface area contributed by atoms with Gasteiger partial charge in [0.1, 0.15) is 0 Å². The lowest BCUT2D eigenvalue weighted by Crippen LogP contribution is -1.85. The molecule has 0 aliphatic heterocycles. The maximum absolute atomic E-state index is 2.17. The molecular weight excluding hydrogens is 432 g/mol. The zero-order valence-corrected chi connectivity index (χ0v) is 29.7. The molecular formula is C36H86. The number of hydrogen-bond donors (Lipinski definition) is 0. The molecule has 36 heavy (non-hydrogen) atoms. The first kappa shape index (κ1) is 52.4. The molecule has 0 N–H and O–H groups in total. The van der Waals surface area contributed by atoms with Crippen molar-refractivity contribution >= 4 is 0 Å². The average Bonchev–Trinajstić information content (AvgIpc) is 2.70. The van der Waals surface area contributed by atoms with E-state index in [0.717, 1.165) is 5.92 Å². The lowest BCUT2D eigenvalue weighted by molar-refractivity contribution is 0.504. The van der Waals surface area contributed by atoms with Gasteiger partial charge in [-0.1, -0.05) is 232 Å². The van der Waals surface area contributed by atoms with Crippen molar-refractivity contribution in [1.29, 1.82) is 0 Å². The highest BCUT2D eigenvalue weighted by Gasteiger charge is 1.96. The van der Waals surface area contributed by atoms with Gasteiger partial charge in [-0.05, 0) is 5.92 Å². The largest absolute Gasteiger partial charge is 0.0683 e. The van der Waals surface area contributed by atoms with Crippen LogP contribution in [0, 0.1) is 5.92 Å². The molecule has 0 aromatic heterocycles. The summed E-state index contributed by atoms with van der Waals surface area (Å²) in [6, 6.07) is 0. The molecule has 5 fully saturated rings. The Kier molecular flexibility index (Phi) is 111. The highest BCUT2D eigenvalue weighted by atomic mass is 14.0. The van der Waals surface area contributed by atoms with Gasteiger partial charge in [0.25, 0.3) is 0 Å². The van der Waals surface area contributed by atoms with Crippen molar-refractivity contribution in [2.45, 2.75) is 232 Å². The monoisotopic (exact) mass is 519 g/mol. The SMILES string of the molecule is C1CCC1.C1CCC1.C1CCC1.C1CCC1.C1CCC1.CC.CC.CC.CC.CC.CC.CC(C)C. The quantitative estimate of drug-likeness (QED) is 0.299. The molecule has 0 atom stereocenters. The fourth-order valence-electron chi connectivity index (χ4n) is 1.25. The normalized spacial score (nSPS) is 15.3. The van der Waals surface area contributed by atoms with Gasteiger partial charge in [-0.2, -0.15) is 0 Å². The van der Waals surface area contributed by atoms with Gasteiger partial charge in [0.2, 0.25) is 0 Å². The van der Waals surface area contributed by atoms with Crippen LogP contribution in [-0.2, 0) is 0 Å². The van der Waals surface area contributed by atoms with Crippen LogP contribution in [0.15, 0.2) is 0 Å². The Labute approximate surface area is 238 Å². The van der Waals surface area contributed by atoms with Gasteiger partial charge in [-0.25, -0.2) is 0 Å². The van der Waals surface area contributed by atoms with E-state index in [9.17, 15) is 0 Å². The Hall–Kier alpha value is 0. The number of hydrogen-bond acceptors (Lipinski definition) is 0. The molecule has 5 aliphatic rings. The van der Waals surface area contributed by atoms with E-state index in [4.69, 9.17) is 0 Å². The zero-order chi connectivity index (χ0) is 29.7. The van der Waals surface area contributed by atoms with E-state index < -0.39 is 0 Å². The molecule has 0 aromatic carbocycles. The highest BCUT2D eigenvalue weighted by molar-refractivity contribution is 4.52. The van der Waals surface area contributed by atoms with E-state index in [1.54, 1.807) is 0 Å². The third-order valence-corrected chi connectivity index (χ3v) is 5.00. The third kappa shape index (κ3) is 92.6. The van der Waals surface area contributed by atoms with E-state index in [-0.39, 0.29) is 0 Å². The van der Waals surface area contributed by atoms with Gasteiger partial charge in [-0.3, -0.25) is 0 Å². The predicted octanol–water partition coefficient (Wildman–Crippen LogP) is 15.6. The van der Waals surface area contributed by atoms with E-state index >= 15 is 0 Å². The molecule has 0 aromatic rings. The Balaban J connectivity index is -0.0000000519. The van der Waals surface area contributed by atoms with Crippen LogP contribution in [0.25, 0.3) is 0 Å². The van der Waals surface area contributed by atoms with Crippen molar-refractivity contribution in [1.82, 2.24) is 0 Å². The van der Waals surface area contributed by atoms with Crippen LogP contribution >= 0.6 is 0 Å². The summed E-state index contributed by atoms with van der Waals surface area (Å²) in [5.74, 6) is 0.833. The summed E-state index contributed by atoms with van der Waals surface area (Å²) in [5, 5.41) is 0. The molecule has 0 unspecified atom stereocenters. The molecule has 0 spiro atoms. The van der Waals surface area contributed by atoms with E-state index in [2.05, 4.69) is 20.8 Å². The summed E-state index contributed by atoms with van der Waals surface area (Å²) in [6.07, 6.45) is 30.0. The average molecular weight is 519 g/mol. The Morgan fingerprint density at radius 2 is 0.222 bits per heavy atom. The van der Waals surface area contributed by atoms with Crippen molar-refractivity contribution in [2.75, 3.05) is 0 Å². The third-order valence-electron chi connectivity index (χ3n) is 5.00. The second-order valence-corrected chi connectivity index (χ2v) is 8.80. The van der Waals surface area contributed by atoms with Gasteiger partial charge in [0.05, 0.1) is 0 Å². The summed E-state index contributed by atoms with van der Waals surface area (Å²) in [5.41, 5.74) is 0. The summed E-state index contributed by atoms with van der Waals surface area (Å²) < 4.78 is 0. The maximum Gasteiger partial charge on any atom is -0.0500 e. The zero-order valence-electron chi connectivity index (χ0n) is 29.7. The minimum Gasteiger partial charge on any atom is -0.0683 e. The summed E-state index contributed by atoms with van der Waals surface area (Å²) in [6.45, 7) is 30.5. The highest BCUT2D eigenvalue weighted by Crippen LogP contribution is 2.16. The van der Waals surface area contributed by atoms with Crippen molar-refractivity contribution in [3.8, 4) is 0 Å². The summed E-state index contributed by atoms with van der Waals surface area (Å²) in [7, 11) is 0. The molecule has 5 aliphatic carbocycles. The van der Waals surface area contributed by atoms with E-state index in [1.807, 2.05) is 83.1 Å². The first-order valence-corrected chi connectivity index (χ1v) is 17.7. The minimum atomic E-state index is 0.833. The van der Waals surface area contributed by atoms with Crippen LogP contribution in [0.4, 0.5) is 0 Å².